The summed E-state index contributed by atoms with van der Waals surface area (Å²) in [6.07, 6.45) is 0. The van der Waals surface area contributed by atoms with Crippen LogP contribution in [0.3, 0.4) is 0 Å². The van der Waals surface area contributed by atoms with E-state index in [1.165, 1.54) is 12.1 Å². The third-order valence-corrected chi connectivity index (χ3v) is 3.35. The highest BCUT2D eigenvalue weighted by molar-refractivity contribution is 5.69. The first-order chi connectivity index (χ1) is 9.99. The van der Waals surface area contributed by atoms with Gasteiger partial charge < -0.3 is 5.32 Å². The number of aryl methyl sites for hydroxylation is 1. The summed E-state index contributed by atoms with van der Waals surface area (Å²) >= 11 is 0. The van der Waals surface area contributed by atoms with Gasteiger partial charge in [-0.3, -0.25) is 0 Å². The standard InChI is InChI=1S/C18H19FN2/c1-12(2)21-11-14-5-4-13(3)18(8-14)16-6-15(10-20)7-17(19)9-16/h4-9,12,21H,11H2,1-3H3. The van der Waals surface area contributed by atoms with Crippen LogP contribution in [-0.4, -0.2) is 6.04 Å². The van der Waals surface area contributed by atoms with E-state index in [0.29, 0.717) is 11.6 Å². The number of halogens is 1. The Labute approximate surface area is 125 Å². The van der Waals surface area contributed by atoms with E-state index >= 15 is 0 Å². The summed E-state index contributed by atoms with van der Waals surface area (Å²) in [6.45, 7) is 6.96. The van der Waals surface area contributed by atoms with Gasteiger partial charge in [0.1, 0.15) is 5.82 Å². The fourth-order valence-electron chi connectivity index (χ4n) is 2.22. The van der Waals surface area contributed by atoms with Gasteiger partial charge in [0.15, 0.2) is 0 Å². The van der Waals surface area contributed by atoms with Gasteiger partial charge in [-0.2, -0.15) is 5.26 Å². The summed E-state index contributed by atoms with van der Waals surface area (Å²) < 4.78 is 13.6. The molecule has 0 heterocycles. The lowest BCUT2D eigenvalue weighted by Crippen LogP contribution is -2.21. The van der Waals surface area contributed by atoms with E-state index in [1.807, 2.05) is 19.1 Å². The largest absolute Gasteiger partial charge is 0.310 e. The van der Waals surface area contributed by atoms with Crippen molar-refractivity contribution in [1.82, 2.24) is 5.32 Å². The smallest absolute Gasteiger partial charge is 0.125 e. The van der Waals surface area contributed by atoms with Gasteiger partial charge in [0, 0.05) is 12.6 Å². The first-order valence-electron chi connectivity index (χ1n) is 7.03. The van der Waals surface area contributed by atoms with Crippen LogP contribution in [0.25, 0.3) is 11.1 Å². The average Bonchev–Trinajstić information content (AvgIpc) is 2.45. The second-order valence-corrected chi connectivity index (χ2v) is 5.53. The van der Waals surface area contributed by atoms with Gasteiger partial charge >= 0.3 is 0 Å². The summed E-state index contributed by atoms with van der Waals surface area (Å²) in [6, 6.07) is 13.0. The van der Waals surface area contributed by atoms with Crippen molar-refractivity contribution < 1.29 is 4.39 Å². The minimum atomic E-state index is -0.380. The van der Waals surface area contributed by atoms with Crippen molar-refractivity contribution in [1.29, 1.82) is 5.26 Å². The summed E-state index contributed by atoms with van der Waals surface area (Å²) in [5, 5.41) is 12.3. The summed E-state index contributed by atoms with van der Waals surface area (Å²) in [5.41, 5.74) is 4.27. The number of benzene rings is 2. The molecule has 2 aromatic carbocycles. The van der Waals surface area contributed by atoms with E-state index in [-0.39, 0.29) is 5.82 Å². The molecule has 0 saturated heterocycles. The Balaban J connectivity index is 2.41. The van der Waals surface area contributed by atoms with Crippen molar-refractivity contribution in [3.05, 3.63) is 58.9 Å². The van der Waals surface area contributed by atoms with Gasteiger partial charge in [0.05, 0.1) is 11.6 Å². The van der Waals surface area contributed by atoms with Crippen LogP contribution in [0, 0.1) is 24.1 Å². The molecule has 0 amide bonds. The van der Waals surface area contributed by atoms with Gasteiger partial charge in [-0.15, -0.1) is 0 Å². The van der Waals surface area contributed by atoms with Crippen LogP contribution in [0.1, 0.15) is 30.5 Å². The number of hydrogen-bond acceptors (Lipinski definition) is 2. The minimum Gasteiger partial charge on any atom is -0.310 e. The lowest BCUT2D eigenvalue weighted by atomic mass is 9.96. The first kappa shape index (κ1) is 15.2. The fraction of sp³-hybridized carbons (Fsp3) is 0.278. The monoisotopic (exact) mass is 282 g/mol. The number of nitrogens with zero attached hydrogens (tertiary/aromatic N) is 1. The molecule has 2 rings (SSSR count). The predicted octanol–water partition coefficient (Wildman–Crippen LogP) is 4.17. The molecule has 0 fully saturated rings. The molecule has 0 aliphatic carbocycles. The van der Waals surface area contributed by atoms with Crippen molar-refractivity contribution in [3.8, 4) is 17.2 Å². The van der Waals surface area contributed by atoms with Gasteiger partial charge in [0.25, 0.3) is 0 Å². The van der Waals surface area contributed by atoms with Crippen molar-refractivity contribution in [2.75, 3.05) is 0 Å². The Morgan fingerprint density at radius 2 is 1.95 bits per heavy atom. The zero-order valence-electron chi connectivity index (χ0n) is 12.6. The maximum Gasteiger partial charge on any atom is 0.125 e. The van der Waals surface area contributed by atoms with Crippen molar-refractivity contribution in [2.24, 2.45) is 0 Å². The molecule has 3 heteroatoms. The Kier molecular flexibility index (Phi) is 4.72. The summed E-state index contributed by atoms with van der Waals surface area (Å²) in [5.74, 6) is -0.380. The Morgan fingerprint density at radius 3 is 2.62 bits per heavy atom. The fourth-order valence-corrected chi connectivity index (χ4v) is 2.22. The lowest BCUT2D eigenvalue weighted by molar-refractivity contribution is 0.589. The van der Waals surface area contributed by atoms with Crippen LogP contribution >= 0.6 is 0 Å². The second kappa shape index (κ2) is 6.51. The van der Waals surface area contributed by atoms with Gasteiger partial charge in [0.2, 0.25) is 0 Å². The van der Waals surface area contributed by atoms with Crippen LogP contribution in [0.15, 0.2) is 36.4 Å². The Hall–Kier alpha value is -2.18. The molecule has 2 nitrogen and oxygen atoms in total. The average molecular weight is 282 g/mol. The van der Waals surface area contributed by atoms with Crippen LogP contribution < -0.4 is 5.32 Å². The van der Waals surface area contributed by atoms with Crippen molar-refractivity contribution in [2.45, 2.75) is 33.4 Å². The van der Waals surface area contributed by atoms with Crippen LogP contribution in [-0.2, 0) is 6.54 Å². The molecule has 0 unspecified atom stereocenters. The van der Waals surface area contributed by atoms with Crippen molar-refractivity contribution >= 4 is 0 Å². The topological polar surface area (TPSA) is 35.8 Å². The molecule has 21 heavy (non-hydrogen) atoms. The number of rotatable bonds is 4. The predicted molar refractivity (Wildman–Crippen MR) is 83.3 cm³/mol. The molecule has 2 aromatic rings. The normalized spacial score (nSPS) is 10.7. The molecule has 0 spiro atoms. The van der Waals surface area contributed by atoms with Crippen LogP contribution in [0.5, 0.6) is 0 Å². The number of nitriles is 1. The zero-order valence-corrected chi connectivity index (χ0v) is 12.6. The van der Waals surface area contributed by atoms with Crippen molar-refractivity contribution in [3.63, 3.8) is 0 Å². The van der Waals surface area contributed by atoms with Gasteiger partial charge in [-0.05, 0) is 53.4 Å². The highest BCUT2D eigenvalue weighted by Gasteiger charge is 2.07. The van der Waals surface area contributed by atoms with E-state index < -0.39 is 0 Å². The molecule has 0 aromatic heterocycles. The van der Waals surface area contributed by atoms with Gasteiger partial charge in [-0.1, -0.05) is 26.0 Å². The molecule has 108 valence electrons. The van der Waals surface area contributed by atoms with E-state index in [1.54, 1.807) is 6.07 Å². The maximum absolute atomic E-state index is 13.6. The Bertz CT molecular complexity index is 684. The highest BCUT2D eigenvalue weighted by atomic mass is 19.1. The first-order valence-corrected chi connectivity index (χ1v) is 7.03. The van der Waals surface area contributed by atoms with Gasteiger partial charge in [-0.25, -0.2) is 4.39 Å². The second-order valence-electron chi connectivity index (χ2n) is 5.53. The quantitative estimate of drug-likeness (QED) is 0.913. The van der Waals surface area contributed by atoms with Crippen LogP contribution in [0.4, 0.5) is 4.39 Å². The molecule has 0 atom stereocenters. The molecule has 0 bridgehead atoms. The van der Waals surface area contributed by atoms with E-state index in [2.05, 4.69) is 31.3 Å². The zero-order chi connectivity index (χ0) is 15.4. The molecule has 0 radical (unpaired) electrons. The molecular formula is C18H19FN2. The number of nitrogens with one attached hydrogen (secondary N) is 1. The lowest BCUT2D eigenvalue weighted by Gasteiger charge is -2.12. The Morgan fingerprint density at radius 1 is 1.19 bits per heavy atom. The summed E-state index contributed by atoms with van der Waals surface area (Å²) in [4.78, 5) is 0. The van der Waals surface area contributed by atoms with E-state index in [4.69, 9.17) is 5.26 Å². The van der Waals surface area contributed by atoms with E-state index in [0.717, 1.165) is 28.8 Å². The minimum absolute atomic E-state index is 0.343. The maximum atomic E-state index is 13.6. The van der Waals surface area contributed by atoms with Crippen LogP contribution in [0.2, 0.25) is 0 Å². The molecule has 0 saturated carbocycles. The summed E-state index contributed by atoms with van der Waals surface area (Å²) in [7, 11) is 0. The molecule has 0 aliphatic rings. The molecule has 0 aliphatic heterocycles. The third-order valence-electron chi connectivity index (χ3n) is 3.35. The van der Waals surface area contributed by atoms with E-state index in [9.17, 15) is 4.39 Å². The molecular weight excluding hydrogens is 263 g/mol. The molecule has 1 N–H and O–H groups in total. The third kappa shape index (κ3) is 3.90. The highest BCUT2D eigenvalue weighted by Crippen LogP contribution is 2.26. The SMILES string of the molecule is Cc1ccc(CNC(C)C)cc1-c1cc(F)cc(C#N)c1. The number of hydrogen-bond donors (Lipinski definition) is 1.